The van der Waals surface area contributed by atoms with Gasteiger partial charge in [0.15, 0.2) is 0 Å². The SMILES string of the molecule is CN1C(=O)CC(Nc2ccnc3cc(Cl)ccc23)C1=O. The van der Waals surface area contributed by atoms with E-state index in [2.05, 4.69) is 10.3 Å². The average molecular weight is 290 g/mol. The maximum atomic E-state index is 11.9. The summed E-state index contributed by atoms with van der Waals surface area (Å²) in [7, 11) is 1.50. The molecule has 5 nitrogen and oxygen atoms in total. The summed E-state index contributed by atoms with van der Waals surface area (Å²) in [5, 5.41) is 4.59. The van der Waals surface area contributed by atoms with E-state index in [4.69, 9.17) is 11.6 Å². The Kier molecular flexibility index (Phi) is 3.06. The monoisotopic (exact) mass is 289 g/mol. The van der Waals surface area contributed by atoms with Gasteiger partial charge in [0.25, 0.3) is 5.91 Å². The van der Waals surface area contributed by atoms with Crippen LogP contribution in [0.2, 0.25) is 5.02 Å². The summed E-state index contributed by atoms with van der Waals surface area (Å²) >= 11 is 5.94. The minimum atomic E-state index is -0.520. The number of imide groups is 1. The predicted octanol–water partition coefficient (Wildman–Crippen LogP) is 2.06. The van der Waals surface area contributed by atoms with Crippen molar-refractivity contribution in [1.29, 1.82) is 0 Å². The Balaban J connectivity index is 1.96. The van der Waals surface area contributed by atoms with E-state index < -0.39 is 6.04 Å². The molecule has 2 amide bonds. The molecule has 1 aliphatic heterocycles. The molecule has 0 spiro atoms. The van der Waals surface area contributed by atoms with Gasteiger partial charge in [0.05, 0.1) is 11.9 Å². The standard InChI is InChI=1S/C14H12ClN3O2/c1-18-13(19)7-12(14(18)20)17-10-4-5-16-11-6-8(15)2-3-9(10)11/h2-6,12H,7H2,1H3,(H,16,17). The fraction of sp³-hybridized carbons (Fsp3) is 0.214. The number of halogens is 1. The first kappa shape index (κ1) is 12.9. The molecule has 1 unspecified atom stereocenters. The zero-order valence-electron chi connectivity index (χ0n) is 10.8. The molecule has 2 heterocycles. The summed E-state index contributed by atoms with van der Waals surface area (Å²) < 4.78 is 0. The van der Waals surface area contributed by atoms with E-state index >= 15 is 0 Å². The quantitative estimate of drug-likeness (QED) is 0.860. The highest BCUT2D eigenvalue weighted by Crippen LogP contribution is 2.26. The van der Waals surface area contributed by atoms with Gasteiger partial charge < -0.3 is 5.32 Å². The van der Waals surface area contributed by atoms with Crippen LogP contribution >= 0.6 is 11.6 Å². The third kappa shape index (κ3) is 2.10. The number of hydrogen-bond acceptors (Lipinski definition) is 4. The van der Waals surface area contributed by atoms with E-state index in [1.807, 2.05) is 6.07 Å². The minimum absolute atomic E-state index is 0.172. The number of likely N-dealkylation sites (tertiary alicyclic amines) is 1. The van der Waals surface area contributed by atoms with Gasteiger partial charge in [-0.1, -0.05) is 11.6 Å². The van der Waals surface area contributed by atoms with Crippen LogP contribution in [0.4, 0.5) is 5.69 Å². The van der Waals surface area contributed by atoms with Crippen molar-refractivity contribution < 1.29 is 9.59 Å². The molecule has 1 aromatic heterocycles. The van der Waals surface area contributed by atoms with Crippen molar-refractivity contribution in [2.75, 3.05) is 12.4 Å². The Bertz CT molecular complexity index is 717. The van der Waals surface area contributed by atoms with Crippen LogP contribution in [0.5, 0.6) is 0 Å². The maximum absolute atomic E-state index is 11.9. The molecule has 1 saturated heterocycles. The van der Waals surface area contributed by atoms with E-state index in [-0.39, 0.29) is 18.2 Å². The molecule has 0 radical (unpaired) electrons. The number of nitrogens with zero attached hydrogens (tertiary/aromatic N) is 2. The molecule has 1 fully saturated rings. The first-order valence-electron chi connectivity index (χ1n) is 6.17. The highest BCUT2D eigenvalue weighted by Gasteiger charge is 2.36. The third-order valence-corrected chi connectivity index (χ3v) is 3.65. The first-order valence-corrected chi connectivity index (χ1v) is 6.55. The molecule has 1 aliphatic rings. The molecule has 1 atom stereocenters. The second-order valence-electron chi connectivity index (χ2n) is 4.71. The van der Waals surface area contributed by atoms with Crippen LogP contribution in [0.15, 0.2) is 30.5 Å². The smallest absolute Gasteiger partial charge is 0.251 e. The predicted molar refractivity (Wildman–Crippen MR) is 76.6 cm³/mol. The summed E-state index contributed by atoms with van der Waals surface area (Å²) in [6, 6.07) is 6.64. The van der Waals surface area contributed by atoms with Crippen LogP contribution in [-0.2, 0) is 9.59 Å². The van der Waals surface area contributed by atoms with Crippen molar-refractivity contribution in [3.05, 3.63) is 35.5 Å². The number of nitrogens with one attached hydrogen (secondary N) is 1. The molecule has 1 N–H and O–H groups in total. The summed E-state index contributed by atoms with van der Waals surface area (Å²) in [6.07, 6.45) is 1.82. The maximum Gasteiger partial charge on any atom is 0.251 e. The molecule has 0 aliphatic carbocycles. The van der Waals surface area contributed by atoms with Gasteiger partial charge >= 0.3 is 0 Å². The third-order valence-electron chi connectivity index (χ3n) is 3.42. The number of likely N-dealkylation sites (N-methyl/N-ethyl adjacent to an activating group) is 1. The zero-order chi connectivity index (χ0) is 14.3. The Morgan fingerprint density at radius 1 is 1.35 bits per heavy atom. The number of carbonyl (C=O) groups excluding carboxylic acids is 2. The number of benzene rings is 1. The molecule has 3 rings (SSSR count). The van der Waals surface area contributed by atoms with E-state index in [9.17, 15) is 9.59 Å². The Labute approximate surface area is 120 Å². The van der Waals surface area contributed by atoms with Crippen molar-refractivity contribution in [3.63, 3.8) is 0 Å². The molecule has 2 aromatic rings. The normalized spacial score (nSPS) is 18.9. The number of hydrogen-bond donors (Lipinski definition) is 1. The largest absolute Gasteiger partial charge is 0.373 e. The lowest BCUT2D eigenvalue weighted by molar-refractivity contribution is -0.136. The van der Waals surface area contributed by atoms with Gasteiger partial charge in [0.2, 0.25) is 5.91 Å². The second-order valence-corrected chi connectivity index (χ2v) is 5.15. The second kappa shape index (κ2) is 4.76. The van der Waals surface area contributed by atoms with Crippen molar-refractivity contribution >= 4 is 40.0 Å². The van der Waals surface area contributed by atoms with Crippen molar-refractivity contribution in [2.24, 2.45) is 0 Å². The van der Waals surface area contributed by atoms with Gasteiger partial charge in [-0.05, 0) is 24.3 Å². The van der Waals surface area contributed by atoms with Crippen molar-refractivity contribution in [3.8, 4) is 0 Å². The van der Waals surface area contributed by atoms with E-state index in [0.717, 1.165) is 21.5 Å². The van der Waals surface area contributed by atoms with Crippen LogP contribution < -0.4 is 5.32 Å². The topological polar surface area (TPSA) is 62.3 Å². The molecular weight excluding hydrogens is 278 g/mol. The summed E-state index contributed by atoms with van der Waals surface area (Å²) in [5.74, 6) is -0.386. The van der Waals surface area contributed by atoms with Crippen LogP contribution in [0.1, 0.15) is 6.42 Å². The van der Waals surface area contributed by atoms with Gasteiger partial charge in [0, 0.05) is 29.3 Å². The molecular formula is C14H12ClN3O2. The summed E-state index contributed by atoms with van der Waals surface area (Å²) in [4.78, 5) is 28.8. The summed E-state index contributed by atoms with van der Waals surface area (Å²) in [5.41, 5.74) is 1.51. The molecule has 20 heavy (non-hydrogen) atoms. The number of fused-ring (bicyclic) bond motifs is 1. The fourth-order valence-electron chi connectivity index (χ4n) is 2.30. The van der Waals surface area contributed by atoms with Gasteiger partial charge in [-0.15, -0.1) is 0 Å². The number of amides is 2. The van der Waals surface area contributed by atoms with Crippen LogP contribution in [0.3, 0.4) is 0 Å². The number of rotatable bonds is 2. The number of carbonyl (C=O) groups is 2. The Morgan fingerprint density at radius 2 is 2.15 bits per heavy atom. The lowest BCUT2D eigenvalue weighted by Crippen LogP contribution is -2.31. The minimum Gasteiger partial charge on any atom is -0.373 e. The van der Waals surface area contributed by atoms with Crippen molar-refractivity contribution in [1.82, 2.24) is 9.88 Å². The molecule has 0 bridgehead atoms. The molecule has 102 valence electrons. The highest BCUT2D eigenvalue weighted by molar-refractivity contribution is 6.31. The first-order chi connectivity index (χ1) is 9.56. The van der Waals surface area contributed by atoms with Gasteiger partial charge in [-0.2, -0.15) is 0 Å². The van der Waals surface area contributed by atoms with Gasteiger partial charge in [0.1, 0.15) is 6.04 Å². The lowest BCUT2D eigenvalue weighted by Gasteiger charge is -2.14. The van der Waals surface area contributed by atoms with Gasteiger partial charge in [-0.3, -0.25) is 19.5 Å². The summed E-state index contributed by atoms with van der Waals surface area (Å²) in [6.45, 7) is 0. The molecule has 1 aromatic carbocycles. The zero-order valence-corrected chi connectivity index (χ0v) is 11.5. The van der Waals surface area contributed by atoms with E-state index in [1.165, 1.54) is 7.05 Å². The molecule has 6 heteroatoms. The fourth-order valence-corrected chi connectivity index (χ4v) is 2.47. The number of aromatic nitrogens is 1. The van der Waals surface area contributed by atoms with Crippen LogP contribution in [0.25, 0.3) is 10.9 Å². The van der Waals surface area contributed by atoms with E-state index in [0.29, 0.717) is 5.02 Å². The average Bonchev–Trinajstić information content (AvgIpc) is 2.66. The van der Waals surface area contributed by atoms with E-state index in [1.54, 1.807) is 24.4 Å². The van der Waals surface area contributed by atoms with Crippen LogP contribution in [-0.4, -0.2) is 34.8 Å². The number of anilines is 1. The van der Waals surface area contributed by atoms with Crippen molar-refractivity contribution in [2.45, 2.75) is 12.5 Å². The van der Waals surface area contributed by atoms with Gasteiger partial charge in [-0.25, -0.2) is 0 Å². The highest BCUT2D eigenvalue weighted by atomic mass is 35.5. The molecule has 0 saturated carbocycles. The Morgan fingerprint density at radius 3 is 2.85 bits per heavy atom. The Hall–Kier alpha value is -2.14. The lowest BCUT2D eigenvalue weighted by atomic mass is 10.1. The number of pyridine rings is 1. The van der Waals surface area contributed by atoms with Crippen LogP contribution in [0, 0.1) is 0 Å².